The number of ether oxygens (including phenoxy) is 3. The summed E-state index contributed by atoms with van der Waals surface area (Å²) >= 11 is 0. The lowest BCUT2D eigenvalue weighted by molar-refractivity contribution is -0.116. The second kappa shape index (κ2) is 10.1. The smallest absolute Gasteiger partial charge is 0.387 e. The van der Waals surface area contributed by atoms with E-state index in [2.05, 4.69) is 20.3 Å². The average molecular weight is 421 g/mol. The van der Waals surface area contributed by atoms with Crippen molar-refractivity contribution < 1.29 is 27.8 Å². The lowest BCUT2D eigenvalue weighted by atomic mass is 10.2. The van der Waals surface area contributed by atoms with Gasteiger partial charge in [0.15, 0.2) is 11.5 Å². The topological polar surface area (TPSA) is 72.1 Å². The summed E-state index contributed by atoms with van der Waals surface area (Å²) in [5.74, 6) is -0.191. The van der Waals surface area contributed by atoms with Crippen LogP contribution in [0.5, 0.6) is 11.5 Å². The van der Waals surface area contributed by atoms with Crippen LogP contribution in [0.3, 0.4) is 0 Å². The molecule has 1 atom stereocenters. The SMILES string of the molecule is COc1ccc(NC(C)C(=O)Nc2ccc(N3CCOCC3)cc2)cc1OC(F)F. The van der Waals surface area contributed by atoms with Gasteiger partial charge in [0.1, 0.15) is 6.04 Å². The summed E-state index contributed by atoms with van der Waals surface area (Å²) in [4.78, 5) is 14.7. The number of alkyl halides is 2. The molecule has 1 saturated heterocycles. The molecule has 3 rings (SSSR count). The van der Waals surface area contributed by atoms with Crippen LogP contribution >= 0.6 is 0 Å². The third-order valence-corrected chi connectivity index (χ3v) is 4.67. The molecule has 162 valence electrons. The van der Waals surface area contributed by atoms with Crippen LogP contribution in [-0.4, -0.2) is 52.0 Å². The molecule has 0 radical (unpaired) electrons. The lowest BCUT2D eigenvalue weighted by Gasteiger charge is -2.29. The average Bonchev–Trinajstić information content (AvgIpc) is 2.74. The summed E-state index contributed by atoms with van der Waals surface area (Å²) in [6, 6.07) is 11.5. The van der Waals surface area contributed by atoms with Crippen LogP contribution in [0.1, 0.15) is 6.92 Å². The molecular weight excluding hydrogens is 396 g/mol. The normalized spacial score (nSPS) is 14.9. The van der Waals surface area contributed by atoms with Crippen molar-refractivity contribution in [2.75, 3.05) is 48.9 Å². The standard InChI is InChI=1S/C21H25F2N3O4/c1-14(24-16-5-8-18(28-2)19(13-16)30-21(22)23)20(27)25-15-3-6-17(7-4-15)26-9-11-29-12-10-26/h3-8,13-14,21,24H,9-12H2,1-2H3,(H,25,27). The van der Waals surface area contributed by atoms with Crippen LogP contribution in [0.2, 0.25) is 0 Å². The Bertz CT molecular complexity index is 843. The molecule has 2 aromatic carbocycles. The molecular formula is C21H25F2N3O4. The number of carbonyl (C=O) groups excluding carboxylic acids is 1. The monoisotopic (exact) mass is 421 g/mol. The number of halogens is 2. The fourth-order valence-electron chi connectivity index (χ4n) is 3.10. The summed E-state index contributed by atoms with van der Waals surface area (Å²) in [6.45, 7) is 1.79. The third-order valence-electron chi connectivity index (χ3n) is 4.67. The summed E-state index contributed by atoms with van der Waals surface area (Å²) in [5.41, 5.74) is 2.20. The zero-order valence-corrected chi connectivity index (χ0v) is 16.9. The van der Waals surface area contributed by atoms with E-state index < -0.39 is 12.7 Å². The zero-order chi connectivity index (χ0) is 21.5. The highest BCUT2D eigenvalue weighted by molar-refractivity contribution is 5.96. The maximum Gasteiger partial charge on any atom is 0.387 e. The number of nitrogens with zero attached hydrogens (tertiary/aromatic N) is 1. The Morgan fingerprint density at radius 1 is 1.07 bits per heavy atom. The fourth-order valence-corrected chi connectivity index (χ4v) is 3.10. The Kier molecular flexibility index (Phi) is 7.29. The fraction of sp³-hybridized carbons (Fsp3) is 0.381. The van der Waals surface area contributed by atoms with Gasteiger partial charge in [-0.2, -0.15) is 8.78 Å². The predicted octanol–water partition coefficient (Wildman–Crippen LogP) is 3.57. The molecule has 1 heterocycles. The van der Waals surface area contributed by atoms with E-state index in [1.54, 1.807) is 13.0 Å². The molecule has 30 heavy (non-hydrogen) atoms. The summed E-state index contributed by atoms with van der Waals surface area (Å²) < 4.78 is 40.0. The van der Waals surface area contributed by atoms with Crippen molar-refractivity contribution in [3.05, 3.63) is 42.5 Å². The number of rotatable bonds is 8. The summed E-state index contributed by atoms with van der Waals surface area (Å²) in [7, 11) is 1.36. The molecule has 0 bridgehead atoms. The maximum atomic E-state index is 12.6. The van der Waals surface area contributed by atoms with Crippen LogP contribution in [0, 0.1) is 0 Å². The van der Waals surface area contributed by atoms with Crippen molar-refractivity contribution in [3.63, 3.8) is 0 Å². The van der Waals surface area contributed by atoms with Gasteiger partial charge in [-0.15, -0.1) is 0 Å². The van der Waals surface area contributed by atoms with E-state index in [0.717, 1.165) is 18.8 Å². The molecule has 1 aliphatic heterocycles. The van der Waals surface area contributed by atoms with Gasteiger partial charge >= 0.3 is 6.61 Å². The van der Waals surface area contributed by atoms with E-state index in [0.29, 0.717) is 24.6 Å². The number of methoxy groups -OCH3 is 1. The summed E-state index contributed by atoms with van der Waals surface area (Å²) in [6.07, 6.45) is 0. The largest absolute Gasteiger partial charge is 0.493 e. The first-order valence-electron chi connectivity index (χ1n) is 9.59. The quantitative estimate of drug-likeness (QED) is 0.679. The molecule has 1 amide bonds. The Morgan fingerprint density at radius 2 is 1.73 bits per heavy atom. The van der Waals surface area contributed by atoms with Crippen LogP contribution in [0.25, 0.3) is 0 Å². The second-order valence-corrected chi connectivity index (χ2v) is 6.75. The number of anilines is 3. The Morgan fingerprint density at radius 3 is 2.37 bits per heavy atom. The molecule has 2 N–H and O–H groups in total. The van der Waals surface area contributed by atoms with Crippen molar-refractivity contribution in [3.8, 4) is 11.5 Å². The van der Waals surface area contributed by atoms with Gasteiger partial charge in [-0.3, -0.25) is 4.79 Å². The number of nitrogens with one attached hydrogen (secondary N) is 2. The van der Waals surface area contributed by atoms with Gasteiger partial charge in [-0.25, -0.2) is 0 Å². The van der Waals surface area contributed by atoms with E-state index in [1.807, 2.05) is 24.3 Å². The molecule has 1 aliphatic rings. The number of hydrogen-bond donors (Lipinski definition) is 2. The molecule has 0 saturated carbocycles. The lowest BCUT2D eigenvalue weighted by Crippen LogP contribution is -2.36. The van der Waals surface area contributed by atoms with Gasteiger partial charge in [-0.05, 0) is 43.3 Å². The van der Waals surface area contributed by atoms with E-state index in [4.69, 9.17) is 9.47 Å². The van der Waals surface area contributed by atoms with Gasteiger partial charge in [0.2, 0.25) is 5.91 Å². The zero-order valence-electron chi connectivity index (χ0n) is 16.9. The first-order chi connectivity index (χ1) is 14.5. The Hall–Kier alpha value is -3.07. The first-order valence-corrected chi connectivity index (χ1v) is 9.59. The number of benzene rings is 2. The van der Waals surface area contributed by atoms with E-state index in [-0.39, 0.29) is 17.4 Å². The highest BCUT2D eigenvalue weighted by Gasteiger charge is 2.16. The van der Waals surface area contributed by atoms with Crippen LogP contribution < -0.4 is 25.0 Å². The summed E-state index contributed by atoms with van der Waals surface area (Å²) in [5, 5.41) is 5.82. The predicted molar refractivity (Wildman–Crippen MR) is 111 cm³/mol. The van der Waals surface area contributed by atoms with Crippen molar-refractivity contribution in [1.82, 2.24) is 0 Å². The minimum absolute atomic E-state index is 0.108. The van der Waals surface area contributed by atoms with Crippen molar-refractivity contribution >= 4 is 23.0 Å². The molecule has 7 nitrogen and oxygen atoms in total. The van der Waals surface area contributed by atoms with Crippen LogP contribution in [-0.2, 0) is 9.53 Å². The van der Waals surface area contributed by atoms with Gasteiger partial charge in [0.05, 0.1) is 20.3 Å². The van der Waals surface area contributed by atoms with Gasteiger partial charge < -0.3 is 29.7 Å². The minimum atomic E-state index is -2.98. The van der Waals surface area contributed by atoms with Crippen molar-refractivity contribution in [1.29, 1.82) is 0 Å². The maximum absolute atomic E-state index is 12.6. The Labute approximate surface area is 173 Å². The van der Waals surface area contributed by atoms with Gasteiger partial charge in [0, 0.05) is 36.2 Å². The first kappa shape index (κ1) is 21.6. The van der Waals surface area contributed by atoms with Crippen LogP contribution in [0.4, 0.5) is 25.8 Å². The Balaban J connectivity index is 1.59. The molecule has 0 spiro atoms. The third kappa shape index (κ3) is 5.73. The molecule has 0 aliphatic carbocycles. The number of carbonyl (C=O) groups is 1. The molecule has 9 heteroatoms. The highest BCUT2D eigenvalue weighted by atomic mass is 19.3. The molecule has 1 fully saturated rings. The van der Waals surface area contributed by atoms with Gasteiger partial charge in [0.25, 0.3) is 0 Å². The highest BCUT2D eigenvalue weighted by Crippen LogP contribution is 2.31. The van der Waals surface area contributed by atoms with Crippen molar-refractivity contribution in [2.24, 2.45) is 0 Å². The van der Waals surface area contributed by atoms with E-state index >= 15 is 0 Å². The number of amides is 1. The number of hydrogen-bond acceptors (Lipinski definition) is 6. The molecule has 0 aromatic heterocycles. The van der Waals surface area contributed by atoms with E-state index in [1.165, 1.54) is 19.2 Å². The molecule has 2 aromatic rings. The van der Waals surface area contributed by atoms with Gasteiger partial charge in [-0.1, -0.05) is 0 Å². The second-order valence-electron chi connectivity index (χ2n) is 6.75. The minimum Gasteiger partial charge on any atom is -0.493 e. The molecule has 1 unspecified atom stereocenters. The number of morpholine rings is 1. The van der Waals surface area contributed by atoms with E-state index in [9.17, 15) is 13.6 Å². The van der Waals surface area contributed by atoms with Crippen molar-refractivity contribution in [2.45, 2.75) is 19.6 Å². The van der Waals surface area contributed by atoms with Crippen LogP contribution in [0.15, 0.2) is 42.5 Å².